The lowest BCUT2D eigenvalue weighted by Gasteiger charge is -2.31. The Hall–Kier alpha value is -1.39. The first kappa shape index (κ1) is 11.1. The molecular weight excluding hydrogens is 204 g/mol. The van der Waals surface area contributed by atoms with Crippen LogP contribution in [-0.2, 0) is 4.79 Å². The van der Waals surface area contributed by atoms with E-state index < -0.39 is 0 Å². The molecule has 4 N–H and O–H groups in total. The second-order valence-corrected chi connectivity index (χ2v) is 5.48. The van der Waals surface area contributed by atoms with E-state index in [0.717, 1.165) is 12.8 Å². The number of Topliss-reactive ketones (excluding diaryl/α,β-unsaturated/α-hetero) is 1. The van der Waals surface area contributed by atoms with Gasteiger partial charge in [-0.15, -0.1) is 10.2 Å². The molecule has 0 radical (unpaired) electrons. The van der Waals surface area contributed by atoms with E-state index >= 15 is 0 Å². The van der Waals surface area contributed by atoms with E-state index in [1.807, 2.05) is 6.92 Å². The maximum absolute atomic E-state index is 12.2. The Labute approximate surface area is 95.0 Å². The van der Waals surface area contributed by atoms with Crippen LogP contribution in [0.25, 0.3) is 0 Å². The minimum Gasteiger partial charge on any atom is -0.369 e. The Balaban J connectivity index is 2.45. The fourth-order valence-electron chi connectivity index (χ4n) is 3.05. The average molecular weight is 222 g/mol. The highest BCUT2D eigenvalue weighted by Gasteiger charge is 2.65. The maximum Gasteiger partial charge on any atom is 0.211 e. The lowest BCUT2D eigenvalue weighted by molar-refractivity contribution is -0.123. The quantitative estimate of drug-likeness (QED) is 0.387. The van der Waals surface area contributed by atoms with E-state index in [1.54, 1.807) is 0 Å². The summed E-state index contributed by atoms with van der Waals surface area (Å²) in [6.07, 6.45) is 1.93. The minimum absolute atomic E-state index is 0.0399. The summed E-state index contributed by atoms with van der Waals surface area (Å²) in [5.74, 6) is 0.192. The predicted octanol–water partition coefficient (Wildman–Crippen LogP) is 0.641. The highest BCUT2D eigenvalue weighted by Crippen LogP contribution is 2.62. The first-order chi connectivity index (χ1) is 7.30. The Kier molecular flexibility index (Phi) is 2.12. The van der Waals surface area contributed by atoms with E-state index in [9.17, 15) is 4.79 Å². The molecular formula is C11H18N4O. The van der Waals surface area contributed by atoms with Crippen LogP contribution < -0.4 is 11.5 Å². The molecule has 0 aromatic carbocycles. The summed E-state index contributed by atoms with van der Waals surface area (Å²) in [6, 6.07) is 0. The normalized spacial score (nSPS) is 38.1. The second kappa shape index (κ2) is 3.06. The third-order valence-electron chi connectivity index (χ3n) is 4.56. The molecule has 5 heteroatoms. The van der Waals surface area contributed by atoms with Gasteiger partial charge in [-0.2, -0.15) is 0 Å². The van der Waals surface area contributed by atoms with Crippen molar-refractivity contribution < 1.29 is 4.79 Å². The number of hydrogen-bond acceptors (Lipinski definition) is 3. The van der Waals surface area contributed by atoms with Crippen LogP contribution in [0.2, 0.25) is 0 Å². The zero-order valence-electron chi connectivity index (χ0n) is 9.95. The molecule has 5 nitrogen and oxygen atoms in total. The van der Waals surface area contributed by atoms with Crippen LogP contribution in [0.3, 0.4) is 0 Å². The van der Waals surface area contributed by atoms with Gasteiger partial charge in [0.1, 0.15) is 5.71 Å². The Bertz CT molecular complexity index is 406. The molecule has 2 bridgehead atoms. The fourth-order valence-corrected chi connectivity index (χ4v) is 3.05. The summed E-state index contributed by atoms with van der Waals surface area (Å²) in [6.45, 7) is 6.27. The highest BCUT2D eigenvalue weighted by molar-refractivity contribution is 6.45. The fraction of sp³-hybridized carbons (Fsp3) is 0.727. The molecule has 2 rings (SSSR count). The zero-order chi connectivity index (χ0) is 12.1. The molecule has 88 valence electrons. The van der Waals surface area contributed by atoms with Gasteiger partial charge in [-0.05, 0) is 18.3 Å². The van der Waals surface area contributed by atoms with Crippen molar-refractivity contribution in [3.05, 3.63) is 0 Å². The summed E-state index contributed by atoms with van der Waals surface area (Å²) < 4.78 is 0. The third kappa shape index (κ3) is 1.14. The number of carbonyl (C=O) groups excluding carboxylic acids is 1. The summed E-state index contributed by atoms with van der Waals surface area (Å²) >= 11 is 0. The van der Waals surface area contributed by atoms with Crippen molar-refractivity contribution in [1.29, 1.82) is 0 Å². The summed E-state index contributed by atoms with van der Waals surface area (Å²) in [5.41, 5.74) is 10.7. The van der Waals surface area contributed by atoms with Gasteiger partial charge in [0, 0.05) is 11.3 Å². The Morgan fingerprint density at radius 2 is 2.00 bits per heavy atom. The van der Waals surface area contributed by atoms with Gasteiger partial charge in [0.15, 0.2) is 5.78 Å². The molecule has 16 heavy (non-hydrogen) atoms. The van der Waals surface area contributed by atoms with Gasteiger partial charge in [-0.25, -0.2) is 0 Å². The van der Waals surface area contributed by atoms with Crippen LogP contribution in [0.5, 0.6) is 0 Å². The molecule has 2 atom stereocenters. The van der Waals surface area contributed by atoms with E-state index in [4.69, 9.17) is 11.5 Å². The molecule has 0 heterocycles. The number of rotatable bonds is 1. The van der Waals surface area contributed by atoms with Crippen LogP contribution in [0, 0.1) is 16.7 Å². The average Bonchev–Trinajstić information content (AvgIpc) is 2.47. The standard InChI is InChI=1S/C11H18N4O/c1-10(2)6-4-5-11(10,3)8(16)7(6)14-15-9(12)13/h6H,4-5H2,1-3H3,(H4,12,13,15)/b14-7+/t6-,11-/m1/s1. The maximum atomic E-state index is 12.2. The summed E-state index contributed by atoms with van der Waals surface area (Å²) in [4.78, 5) is 12.2. The zero-order valence-corrected chi connectivity index (χ0v) is 9.95. The molecule has 2 saturated carbocycles. The highest BCUT2D eigenvalue weighted by atomic mass is 16.1. The van der Waals surface area contributed by atoms with Crippen molar-refractivity contribution in [1.82, 2.24) is 0 Å². The number of ketones is 1. The van der Waals surface area contributed by atoms with Crippen molar-refractivity contribution in [3.8, 4) is 0 Å². The number of nitrogens with two attached hydrogens (primary N) is 2. The molecule has 0 spiro atoms. The molecule has 0 aromatic rings. The SMILES string of the molecule is CC1(C)[C@@H]2CC[C@]1(C)C(=O)/C2=N/N=C(N)N. The van der Waals surface area contributed by atoms with Gasteiger partial charge in [-0.3, -0.25) is 4.79 Å². The van der Waals surface area contributed by atoms with Crippen molar-refractivity contribution in [2.24, 2.45) is 38.4 Å². The van der Waals surface area contributed by atoms with Crippen LogP contribution >= 0.6 is 0 Å². The van der Waals surface area contributed by atoms with Crippen LogP contribution in [0.1, 0.15) is 33.6 Å². The molecule has 0 saturated heterocycles. The van der Waals surface area contributed by atoms with Crippen molar-refractivity contribution in [2.75, 3.05) is 0 Å². The number of guanidine groups is 1. The Morgan fingerprint density at radius 1 is 1.38 bits per heavy atom. The monoisotopic (exact) mass is 222 g/mol. The molecule has 0 aliphatic heterocycles. The molecule has 2 fully saturated rings. The summed E-state index contributed by atoms with van der Waals surface area (Å²) in [7, 11) is 0. The summed E-state index contributed by atoms with van der Waals surface area (Å²) in [5, 5.41) is 7.54. The topological polar surface area (TPSA) is 93.8 Å². The molecule has 2 aliphatic carbocycles. The predicted molar refractivity (Wildman–Crippen MR) is 62.9 cm³/mol. The third-order valence-corrected chi connectivity index (χ3v) is 4.56. The van der Waals surface area contributed by atoms with Gasteiger partial charge in [0.2, 0.25) is 5.96 Å². The molecule has 0 amide bonds. The molecule has 0 aromatic heterocycles. The van der Waals surface area contributed by atoms with Crippen LogP contribution in [-0.4, -0.2) is 17.5 Å². The van der Waals surface area contributed by atoms with E-state index in [1.165, 1.54) is 0 Å². The van der Waals surface area contributed by atoms with Crippen LogP contribution in [0.15, 0.2) is 10.2 Å². The van der Waals surface area contributed by atoms with Gasteiger partial charge in [0.05, 0.1) is 0 Å². The second-order valence-electron chi connectivity index (χ2n) is 5.48. The van der Waals surface area contributed by atoms with Crippen molar-refractivity contribution in [3.63, 3.8) is 0 Å². The molecule has 2 aliphatic rings. The lowest BCUT2D eigenvalue weighted by atomic mass is 9.70. The van der Waals surface area contributed by atoms with Gasteiger partial charge in [0.25, 0.3) is 0 Å². The number of carbonyl (C=O) groups is 1. The van der Waals surface area contributed by atoms with E-state index in [-0.39, 0.29) is 28.5 Å². The van der Waals surface area contributed by atoms with Crippen molar-refractivity contribution >= 4 is 17.5 Å². The minimum atomic E-state index is -0.296. The smallest absolute Gasteiger partial charge is 0.211 e. The van der Waals surface area contributed by atoms with Crippen molar-refractivity contribution in [2.45, 2.75) is 33.6 Å². The largest absolute Gasteiger partial charge is 0.369 e. The van der Waals surface area contributed by atoms with Gasteiger partial charge in [-0.1, -0.05) is 20.8 Å². The van der Waals surface area contributed by atoms with E-state index in [0.29, 0.717) is 5.71 Å². The lowest BCUT2D eigenvalue weighted by Crippen LogP contribution is -2.33. The number of nitrogens with zero attached hydrogens (tertiary/aromatic N) is 2. The van der Waals surface area contributed by atoms with Crippen LogP contribution in [0.4, 0.5) is 0 Å². The number of hydrogen-bond donors (Lipinski definition) is 2. The number of fused-ring (bicyclic) bond motifs is 2. The van der Waals surface area contributed by atoms with Gasteiger partial charge < -0.3 is 11.5 Å². The van der Waals surface area contributed by atoms with Gasteiger partial charge >= 0.3 is 0 Å². The first-order valence-corrected chi connectivity index (χ1v) is 5.52. The van der Waals surface area contributed by atoms with E-state index in [2.05, 4.69) is 24.1 Å². The Morgan fingerprint density at radius 3 is 2.44 bits per heavy atom. The molecule has 0 unspecified atom stereocenters. The first-order valence-electron chi connectivity index (χ1n) is 5.52.